The van der Waals surface area contributed by atoms with E-state index < -0.39 is 0 Å². The Balaban J connectivity index is 2.67. The second kappa shape index (κ2) is 9.83. The van der Waals surface area contributed by atoms with E-state index in [1.54, 1.807) is 0 Å². The summed E-state index contributed by atoms with van der Waals surface area (Å²) < 4.78 is 12.3. The van der Waals surface area contributed by atoms with E-state index in [9.17, 15) is 0 Å². The van der Waals surface area contributed by atoms with Crippen LogP contribution < -0.4 is 4.74 Å². The van der Waals surface area contributed by atoms with E-state index in [-0.39, 0.29) is 6.29 Å². The van der Waals surface area contributed by atoms with Crippen molar-refractivity contribution >= 4 is 0 Å². The van der Waals surface area contributed by atoms with Crippen LogP contribution in [0.3, 0.4) is 0 Å². The molecular formula is C19H32O2. The second-order valence-corrected chi connectivity index (χ2v) is 6.13. The molecule has 2 unspecified atom stereocenters. The van der Waals surface area contributed by atoms with Gasteiger partial charge in [0.15, 0.2) is 6.29 Å². The van der Waals surface area contributed by atoms with Gasteiger partial charge in [-0.15, -0.1) is 0 Å². The van der Waals surface area contributed by atoms with E-state index in [0.29, 0.717) is 12.0 Å². The van der Waals surface area contributed by atoms with Gasteiger partial charge in [-0.1, -0.05) is 53.2 Å². The van der Waals surface area contributed by atoms with Crippen LogP contribution in [0.25, 0.3) is 0 Å². The van der Waals surface area contributed by atoms with Crippen LogP contribution in [0.4, 0.5) is 0 Å². The molecule has 1 aromatic carbocycles. The van der Waals surface area contributed by atoms with Crippen LogP contribution in [0.5, 0.6) is 5.75 Å². The summed E-state index contributed by atoms with van der Waals surface area (Å²) in [6.45, 7) is 11.0. The molecule has 0 radical (unpaired) electrons. The van der Waals surface area contributed by atoms with Crippen molar-refractivity contribution in [3.63, 3.8) is 0 Å². The van der Waals surface area contributed by atoms with Crippen LogP contribution >= 0.6 is 0 Å². The number of ether oxygens (including phenoxy) is 2. The molecular weight excluding hydrogens is 260 g/mol. The van der Waals surface area contributed by atoms with Crippen molar-refractivity contribution in [3.8, 4) is 5.75 Å². The third-order valence-corrected chi connectivity index (χ3v) is 3.67. The quantitative estimate of drug-likeness (QED) is 0.523. The molecule has 0 bridgehead atoms. The average molecular weight is 292 g/mol. The third kappa shape index (κ3) is 6.99. The fourth-order valence-electron chi connectivity index (χ4n) is 2.38. The smallest absolute Gasteiger partial charge is 0.200 e. The molecule has 0 aliphatic heterocycles. The highest BCUT2D eigenvalue weighted by atomic mass is 16.7. The van der Waals surface area contributed by atoms with Gasteiger partial charge in [0.25, 0.3) is 0 Å². The molecule has 2 nitrogen and oxygen atoms in total. The van der Waals surface area contributed by atoms with E-state index >= 15 is 0 Å². The standard InChI is InChI=1S/C19H32O2/c1-6-9-17(8-3)20-19(14-15(4)5)21-18-12-10-16(7-2)11-13-18/h10-13,15,17,19H,6-9,14H2,1-5H3. The van der Waals surface area contributed by atoms with Crippen LogP contribution in [0, 0.1) is 5.92 Å². The SMILES string of the molecule is CCCC(CC)OC(CC(C)C)Oc1ccc(CC)cc1. The fraction of sp³-hybridized carbons (Fsp3) is 0.684. The summed E-state index contributed by atoms with van der Waals surface area (Å²) in [6.07, 6.45) is 5.43. The molecule has 0 saturated heterocycles. The Kier molecular flexibility index (Phi) is 8.44. The monoisotopic (exact) mass is 292 g/mol. The minimum atomic E-state index is -0.144. The molecule has 2 heteroatoms. The van der Waals surface area contributed by atoms with Gasteiger partial charge in [-0.05, 0) is 42.9 Å². The highest BCUT2D eigenvalue weighted by molar-refractivity contribution is 5.27. The van der Waals surface area contributed by atoms with Gasteiger partial charge in [0.05, 0.1) is 6.10 Å². The highest BCUT2D eigenvalue weighted by Crippen LogP contribution is 2.21. The van der Waals surface area contributed by atoms with E-state index in [0.717, 1.165) is 37.9 Å². The molecule has 0 aliphatic rings. The van der Waals surface area contributed by atoms with Gasteiger partial charge in [-0.2, -0.15) is 0 Å². The maximum Gasteiger partial charge on any atom is 0.200 e. The maximum atomic E-state index is 6.19. The largest absolute Gasteiger partial charge is 0.465 e. The van der Waals surface area contributed by atoms with E-state index in [4.69, 9.17) is 9.47 Å². The summed E-state index contributed by atoms with van der Waals surface area (Å²) in [6, 6.07) is 8.36. The molecule has 0 heterocycles. The predicted octanol–water partition coefficient (Wildman–Crippen LogP) is 5.60. The zero-order valence-corrected chi connectivity index (χ0v) is 14.4. The molecule has 0 aromatic heterocycles. The Morgan fingerprint density at radius 2 is 1.67 bits per heavy atom. The summed E-state index contributed by atoms with van der Waals surface area (Å²) in [5.41, 5.74) is 1.33. The Morgan fingerprint density at radius 1 is 1.00 bits per heavy atom. The van der Waals surface area contributed by atoms with Crippen LogP contribution in [-0.4, -0.2) is 12.4 Å². The van der Waals surface area contributed by atoms with Crippen LogP contribution in [0.15, 0.2) is 24.3 Å². The van der Waals surface area contributed by atoms with Crippen molar-refractivity contribution in [2.24, 2.45) is 5.92 Å². The Hall–Kier alpha value is -1.02. The van der Waals surface area contributed by atoms with Gasteiger partial charge < -0.3 is 9.47 Å². The second-order valence-electron chi connectivity index (χ2n) is 6.13. The number of hydrogen-bond acceptors (Lipinski definition) is 2. The zero-order valence-electron chi connectivity index (χ0n) is 14.4. The molecule has 0 N–H and O–H groups in total. The summed E-state index contributed by atoms with van der Waals surface area (Å²) in [5.74, 6) is 1.47. The average Bonchev–Trinajstić information content (AvgIpc) is 2.46. The summed E-state index contributed by atoms with van der Waals surface area (Å²) in [5, 5.41) is 0. The molecule has 2 atom stereocenters. The van der Waals surface area contributed by atoms with Crippen molar-refractivity contribution in [3.05, 3.63) is 29.8 Å². The van der Waals surface area contributed by atoms with Crippen molar-refractivity contribution in [2.75, 3.05) is 0 Å². The number of benzene rings is 1. The minimum Gasteiger partial charge on any atom is -0.465 e. The first-order valence-electron chi connectivity index (χ1n) is 8.50. The van der Waals surface area contributed by atoms with Gasteiger partial charge >= 0.3 is 0 Å². The third-order valence-electron chi connectivity index (χ3n) is 3.67. The Labute approximate surface area is 130 Å². The lowest BCUT2D eigenvalue weighted by Crippen LogP contribution is -2.28. The van der Waals surface area contributed by atoms with Crippen LogP contribution in [-0.2, 0) is 11.2 Å². The van der Waals surface area contributed by atoms with Gasteiger partial charge in [0, 0.05) is 6.42 Å². The van der Waals surface area contributed by atoms with Gasteiger partial charge in [-0.3, -0.25) is 0 Å². The highest BCUT2D eigenvalue weighted by Gasteiger charge is 2.18. The first-order valence-corrected chi connectivity index (χ1v) is 8.50. The van der Waals surface area contributed by atoms with Crippen LogP contribution in [0.2, 0.25) is 0 Å². The molecule has 21 heavy (non-hydrogen) atoms. The minimum absolute atomic E-state index is 0.144. The number of hydrogen-bond donors (Lipinski definition) is 0. The van der Waals surface area contributed by atoms with Crippen molar-refractivity contribution < 1.29 is 9.47 Å². The molecule has 1 aromatic rings. The lowest BCUT2D eigenvalue weighted by Gasteiger charge is -2.26. The topological polar surface area (TPSA) is 18.5 Å². The maximum absolute atomic E-state index is 6.19. The van der Waals surface area contributed by atoms with Gasteiger partial charge in [0.1, 0.15) is 5.75 Å². The number of rotatable bonds is 10. The van der Waals surface area contributed by atoms with Gasteiger partial charge in [0.2, 0.25) is 0 Å². The van der Waals surface area contributed by atoms with Crippen LogP contribution in [0.1, 0.15) is 65.9 Å². The molecule has 1 rings (SSSR count). The molecule has 0 spiro atoms. The lowest BCUT2D eigenvalue weighted by molar-refractivity contribution is -0.130. The summed E-state index contributed by atoms with van der Waals surface area (Å²) in [4.78, 5) is 0. The zero-order chi connectivity index (χ0) is 15.7. The molecule has 120 valence electrons. The first kappa shape index (κ1) is 18.0. The van der Waals surface area contributed by atoms with Crippen molar-refractivity contribution in [2.45, 2.75) is 79.1 Å². The van der Waals surface area contributed by atoms with Gasteiger partial charge in [-0.25, -0.2) is 0 Å². The van der Waals surface area contributed by atoms with Crippen molar-refractivity contribution in [1.29, 1.82) is 0 Å². The summed E-state index contributed by atoms with van der Waals surface area (Å²) in [7, 11) is 0. The first-order chi connectivity index (χ1) is 10.1. The Morgan fingerprint density at radius 3 is 2.14 bits per heavy atom. The fourth-order valence-corrected chi connectivity index (χ4v) is 2.38. The van der Waals surface area contributed by atoms with Crippen molar-refractivity contribution in [1.82, 2.24) is 0 Å². The normalized spacial score (nSPS) is 14.2. The molecule has 0 fully saturated rings. The molecule has 0 saturated carbocycles. The summed E-state index contributed by atoms with van der Waals surface area (Å²) >= 11 is 0. The predicted molar refractivity (Wildman–Crippen MR) is 89.8 cm³/mol. The molecule has 0 amide bonds. The molecule has 0 aliphatic carbocycles. The van der Waals surface area contributed by atoms with E-state index in [2.05, 4.69) is 58.9 Å². The Bertz CT molecular complexity index is 370. The lowest BCUT2D eigenvalue weighted by atomic mass is 10.1. The number of aryl methyl sites for hydroxylation is 1. The van der Waals surface area contributed by atoms with E-state index in [1.165, 1.54) is 5.56 Å². The van der Waals surface area contributed by atoms with E-state index in [1.807, 2.05) is 0 Å².